The third kappa shape index (κ3) is 3.46. The van der Waals surface area contributed by atoms with Gasteiger partial charge in [-0.05, 0) is 19.9 Å². The van der Waals surface area contributed by atoms with Crippen molar-refractivity contribution in [2.75, 3.05) is 14.2 Å². The summed E-state index contributed by atoms with van der Waals surface area (Å²) < 4.78 is 9.95. The Morgan fingerprint density at radius 1 is 1.24 bits per heavy atom. The first-order chi connectivity index (χ1) is 8.10. The number of rotatable bonds is 5. The second kappa shape index (κ2) is 6.25. The lowest BCUT2D eigenvalue weighted by Gasteiger charge is -2.20. The third-order valence-electron chi connectivity index (χ3n) is 2.66. The molecule has 0 aromatic heterocycles. The molecule has 1 aromatic rings. The molecule has 1 aromatic carbocycles. The van der Waals surface area contributed by atoms with Gasteiger partial charge in [0.1, 0.15) is 11.8 Å². The lowest BCUT2D eigenvalue weighted by atomic mass is 10.1. The largest absolute Gasteiger partial charge is 0.496 e. The third-order valence-corrected chi connectivity index (χ3v) is 2.66. The fourth-order valence-corrected chi connectivity index (χ4v) is 1.73. The van der Waals surface area contributed by atoms with E-state index in [2.05, 4.69) is 10.1 Å². The van der Waals surface area contributed by atoms with Crippen molar-refractivity contribution < 1.29 is 14.3 Å². The number of hydrogen-bond acceptors (Lipinski definition) is 4. The van der Waals surface area contributed by atoms with E-state index in [1.54, 1.807) is 14.0 Å². The van der Waals surface area contributed by atoms with Crippen molar-refractivity contribution in [3.8, 4) is 5.75 Å². The van der Waals surface area contributed by atoms with Crippen molar-refractivity contribution >= 4 is 5.97 Å². The van der Waals surface area contributed by atoms with E-state index in [0.29, 0.717) is 0 Å². The first-order valence-corrected chi connectivity index (χ1v) is 5.57. The number of nitrogens with one attached hydrogen (secondary N) is 1. The highest BCUT2D eigenvalue weighted by Gasteiger charge is 2.18. The second-order valence-corrected chi connectivity index (χ2v) is 3.88. The molecule has 1 N–H and O–H groups in total. The van der Waals surface area contributed by atoms with E-state index in [1.807, 2.05) is 31.2 Å². The topological polar surface area (TPSA) is 47.6 Å². The van der Waals surface area contributed by atoms with Gasteiger partial charge in [0, 0.05) is 11.6 Å². The smallest absolute Gasteiger partial charge is 0.322 e. The molecule has 0 fully saturated rings. The molecule has 4 heteroatoms. The molecule has 0 spiro atoms. The van der Waals surface area contributed by atoms with Crippen molar-refractivity contribution in [1.29, 1.82) is 0 Å². The SMILES string of the molecule is COC(=O)[C@@H](C)N[C@@H](C)c1ccccc1OC. The number of carbonyl (C=O) groups excluding carboxylic acids is 1. The second-order valence-electron chi connectivity index (χ2n) is 3.88. The zero-order chi connectivity index (χ0) is 12.8. The number of ether oxygens (including phenoxy) is 2. The highest BCUT2D eigenvalue weighted by molar-refractivity contribution is 5.75. The Kier molecular flexibility index (Phi) is 4.97. The first-order valence-electron chi connectivity index (χ1n) is 5.57. The maximum Gasteiger partial charge on any atom is 0.322 e. The fraction of sp³-hybridized carbons (Fsp3) is 0.462. The van der Waals surface area contributed by atoms with Gasteiger partial charge in [0.05, 0.1) is 14.2 Å². The molecular formula is C13H19NO3. The predicted octanol–water partition coefficient (Wildman–Crippen LogP) is 1.91. The summed E-state index contributed by atoms with van der Waals surface area (Å²) in [7, 11) is 3.02. The molecule has 0 bridgehead atoms. The molecule has 0 radical (unpaired) electrons. The van der Waals surface area contributed by atoms with Gasteiger partial charge in [-0.25, -0.2) is 0 Å². The summed E-state index contributed by atoms with van der Waals surface area (Å²) >= 11 is 0. The molecule has 0 aliphatic carbocycles. The van der Waals surface area contributed by atoms with Crippen molar-refractivity contribution in [2.45, 2.75) is 25.9 Å². The van der Waals surface area contributed by atoms with Crippen LogP contribution in [-0.2, 0) is 9.53 Å². The Balaban J connectivity index is 2.75. The molecular weight excluding hydrogens is 218 g/mol. The molecule has 0 saturated heterocycles. The van der Waals surface area contributed by atoms with Crippen LogP contribution in [0, 0.1) is 0 Å². The van der Waals surface area contributed by atoms with Gasteiger partial charge < -0.3 is 9.47 Å². The average molecular weight is 237 g/mol. The van der Waals surface area contributed by atoms with Gasteiger partial charge in [0.15, 0.2) is 0 Å². The summed E-state index contributed by atoms with van der Waals surface area (Å²) in [4.78, 5) is 11.3. The van der Waals surface area contributed by atoms with E-state index in [-0.39, 0.29) is 18.1 Å². The maximum absolute atomic E-state index is 11.3. The van der Waals surface area contributed by atoms with Crippen molar-refractivity contribution in [3.63, 3.8) is 0 Å². The lowest BCUT2D eigenvalue weighted by Crippen LogP contribution is -2.36. The van der Waals surface area contributed by atoms with Crippen LogP contribution < -0.4 is 10.1 Å². The standard InChI is InChI=1S/C13H19NO3/c1-9(14-10(2)13(15)17-4)11-7-5-6-8-12(11)16-3/h5-10,14H,1-4H3/t9-,10+/m0/s1. The van der Waals surface area contributed by atoms with Gasteiger partial charge in [0.2, 0.25) is 0 Å². The summed E-state index contributed by atoms with van der Waals surface area (Å²) in [6.45, 7) is 3.76. The highest BCUT2D eigenvalue weighted by Crippen LogP contribution is 2.24. The number of esters is 1. The normalized spacial score (nSPS) is 13.9. The van der Waals surface area contributed by atoms with Crippen LogP contribution in [0.2, 0.25) is 0 Å². The van der Waals surface area contributed by atoms with Crippen LogP contribution in [0.15, 0.2) is 24.3 Å². The molecule has 0 aliphatic rings. The lowest BCUT2D eigenvalue weighted by molar-refractivity contribution is -0.142. The molecule has 2 atom stereocenters. The molecule has 0 unspecified atom stereocenters. The van der Waals surface area contributed by atoms with Crippen LogP contribution in [0.3, 0.4) is 0 Å². The van der Waals surface area contributed by atoms with Crippen molar-refractivity contribution in [1.82, 2.24) is 5.32 Å². The highest BCUT2D eigenvalue weighted by atomic mass is 16.5. The first kappa shape index (κ1) is 13.5. The van der Waals surface area contributed by atoms with Crippen LogP contribution in [0.4, 0.5) is 0 Å². The minimum absolute atomic E-state index is 0.0141. The molecule has 1 rings (SSSR count). The molecule has 0 saturated carbocycles. The molecule has 0 amide bonds. The minimum atomic E-state index is -0.347. The van der Waals surface area contributed by atoms with Crippen LogP contribution in [0.5, 0.6) is 5.75 Å². The Morgan fingerprint density at radius 3 is 2.47 bits per heavy atom. The van der Waals surface area contributed by atoms with Crippen molar-refractivity contribution in [3.05, 3.63) is 29.8 Å². The van der Waals surface area contributed by atoms with Gasteiger partial charge in [-0.15, -0.1) is 0 Å². The van der Waals surface area contributed by atoms with Crippen LogP contribution in [-0.4, -0.2) is 26.2 Å². The van der Waals surface area contributed by atoms with Gasteiger partial charge in [-0.1, -0.05) is 18.2 Å². The Morgan fingerprint density at radius 2 is 1.88 bits per heavy atom. The van der Waals surface area contributed by atoms with E-state index < -0.39 is 0 Å². The quantitative estimate of drug-likeness (QED) is 0.795. The number of methoxy groups -OCH3 is 2. The van der Waals surface area contributed by atoms with Crippen LogP contribution in [0.1, 0.15) is 25.5 Å². The average Bonchev–Trinajstić information content (AvgIpc) is 2.37. The summed E-state index contributed by atoms with van der Waals surface area (Å²) in [5, 5.41) is 3.17. The maximum atomic E-state index is 11.3. The van der Waals surface area contributed by atoms with E-state index in [0.717, 1.165) is 11.3 Å². The van der Waals surface area contributed by atoms with Gasteiger partial charge in [-0.3, -0.25) is 10.1 Å². The summed E-state index contributed by atoms with van der Waals surface area (Å²) in [5.74, 6) is 0.538. The van der Waals surface area contributed by atoms with Crippen LogP contribution >= 0.6 is 0 Å². The van der Waals surface area contributed by atoms with Gasteiger partial charge >= 0.3 is 5.97 Å². The van der Waals surface area contributed by atoms with E-state index in [1.165, 1.54) is 7.11 Å². The van der Waals surface area contributed by atoms with Gasteiger partial charge in [-0.2, -0.15) is 0 Å². The Hall–Kier alpha value is -1.55. The van der Waals surface area contributed by atoms with E-state index in [9.17, 15) is 4.79 Å². The molecule has 17 heavy (non-hydrogen) atoms. The predicted molar refractivity (Wildman–Crippen MR) is 66.0 cm³/mol. The summed E-state index contributed by atoms with van der Waals surface area (Å²) in [6, 6.07) is 7.40. The fourth-order valence-electron chi connectivity index (χ4n) is 1.73. The zero-order valence-electron chi connectivity index (χ0n) is 10.7. The monoisotopic (exact) mass is 237 g/mol. The molecule has 94 valence electrons. The minimum Gasteiger partial charge on any atom is -0.496 e. The van der Waals surface area contributed by atoms with Gasteiger partial charge in [0.25, 0.3) is 0 Å². The summed E-state index contributed by atoms with van der Waals surface area (Å²) in [6.07, 6.45) is 0. The number of carbonyl (C=O) groups is 1. The summed E-state index contributed by atoms with van der Waals surface area (Å²) in [5.41, 5.74) is 1.02. The zero-order valence-corrected chi connectivity index (χ0v) is 10.7. The number of benzene rings is 1. The Bertz CT molecular complexity index is 379. The number of para-hydroxylation sites is 1. The molecule has 0 heterocycles. The number of hydrogen-bond donors (Lipinski definition) is 1. The Labute approximate surface area is 102 Å². The van der Waals surface area contributed by atoms with E-state index in [4.69, 9.17) is 4.74 Å². The molecule has 4 nitrogen and oxygen atoms in total. The van der Waals surface area contributed by atoms with Crippen LogP contribution in [0.25, 0.3) is 0 Å². The van der Waals surface area contributed by atoms with Crippen molar-refractivity contribution in [2.24, 2.45) is 0 Å². The van der Waals surface area contributed by atoms with E-state index >= 15 is 0 Å². The molecule has 0 aliphatic heterocycles.